The summed E-state index contributed by atoms with van der Waals surface area (Å²) in [6.45, 7) is 8.44. The van der Waals surface area contributed by atoms with Gasteiger partial charge in [-0.3, -0.25) is 14.5 Å². The average Bonchev–Trinajstić information content (AvgIpc) is 3.23. The van der Waals surface area contributed by atoms with Crippen LogP contribution < -0.4 is 0 Å². The second-order valence-electron chi connectivity index (χ2n) is 7.80. The lowest BCUT2D eigenvalue weighted by Crippen LogP contribution is -2.50. The Labute approximate surface area is 181 Å². The van der Waals surface area contributed by atoms with Crippen LogP contribution in [0.3, 0.4) is 0 Å². The highest BCUT2D eigenvalue weighted by Crippen LogP contribution is 2.25. The molecule has 0 unspecified atom stereocenters. The van der Waals surface area contributed by atoms with Gasteiger partial charge in [-0.2, -0.15) is 0 Å². The minimum absolute atomic E-state index is 0.0714. The van der Waals surface area contributed by atoms with Crippen LogP contribution in [0.4, 0.5) is 0 Å². The summed E-state index contributed by atoms with van der Waals surface area (Å²) < 4.78 is 5.43. The number of hydrogen-bond donors (Lipinski definition) is 0. The molecule has 2 aromatic rings. The van der Waals surface area contributed by atoms with Gasteiger partial charge in [0.15, 0.2) is 0 Å². The van der Waals surface area contributed by atoms with E-state index in [0.29, 0.717) is 32.6 Å². The Morgan fingerprint density at radius 2 is 1.80 bits per heavy atom. The smallest absolute Gasteiger partial charge is 0.228 e. The van der Waals surface area contributed by atoms with Gasteiger partial charge in [0.05, 0.1) is 25.3 Å². The molecule has 7 nitrogen and oxygen atoms in total. The molecule has 2 aliphatic heterocycles. The number of nitrogens with zero attached hydrogens (tertiary/aromatic N) is 4. The molecule has 160 valence electrons. The van der Waals surface area contributed by atoms with Crippen LogP contribution in [0.15, 0.2) is 29.6 Å². The molecule has 2 amide bonds. The fourth-order valence-corrected chi connectivity index (χ4v) is 4.70. The van der Waals surface area contributed by atoms with Gasteiger partial charge >= 0.3 is 0 Å². The maximum atomic E-state index is 12.6. The lowest BCUT2D eigenvalue weighted by molar-refractivity contribution is -0.138. The van der Waals surface area contributed by atoms with Gasteiger partial charge in [-0.25, -0.2) is 4.98 Å². The predicted molar refractivity (Wildman–Crippen MR) is 116 cm³/mol. The predicted octanol–water partition coefficient (Wildman–Crippen LogP) is 1.88. The molecule has 2 saturated heterocycles. The van der Waals surface area contributed by atoms with E-state index in [0.717, 1.165) is 49.1 Å². The molecule has 4 rings (SSSR count). The SMILES string of the molecule is CC(=O)N1CCN(C(=O)Cc2csc(-c3cccc(CN4CCOCC4)c3)n2)CC1. The van der Waals surface area contributed by atoms with Crippen LogP contribution in [0.1, 0.15) is 18.2 Å². The van der Waals surface area contributed by atoms with Gasteiger partial charge in [0.2, 0.25) is 11.8 Å². The van der Waals surface area contributed by atoms with E-state index < -0.39 is 0 Å². The fraction of sp³-hybridized carbons (Fsp3) is 0.500. The topological polar surface area (TPSA) is 66.0 Å². The van der Waals surface area contributed by atoms with Crippen molar-refractivity contribution in [1.29, 1.82) is 0 Å². The van der Waals surface area contributed by atoms with Crippen LogP contribution in [0.25, 0.3) is 10.6 Å². The molecule has 0 N–H and O–H groups in total. The molecule has 2 fully saturated rings. The van der Waals surface area contributed by atoms with Gasteiger partial charge in [-0.15, -0.1) is 11.3 Å². The highest BCUT2D eigenvalue weighted by Gasteiger charge is 2.23. The Kier molecular flexibility index (Phi) is 6.76. The molecule has 0 aliphatic carbocycles. The second kappa shape index (κ2) is 9.68. The number of thiazole rings is 1. The number of amides is 2. The number of piperazine rings is 1. The van der Waals surface area contributed by atoms with Gasteiger partial charge in [-0.1, -0.05) is 18.2 Å². The first-order valence-corrected chi connectivity index (χ1v) is 11.3. The van der Waals surface area contributed by atoms with Crippen molar-refractivity contribution in [3.05, 3.63) is 40.9 Å². The third-order valence-electron chi connectivity index (χ3n) is 5.65. The molecule has 0 spiro atoms. The minimum Gasteiger partial charge on any atom is -0.379 e. The number of hydrogen-bond acceptors (Lipinski definition) is 6. The van der Waals surface area contributed by atoms with Crippen LogP contribution in [0.2, 0.25) is 0 Å². The normalized spacial score (nSPS) is 17.9. The Morgan fingerprint density at radius 1 is 1.07 bits per heavy atom. The van der Waals surface area contributed by atoms with E-state index in [4.69, 9.17) is 9.72 Å². The summed E-state index contributed by atoms with van der Waals surface area (Å²) in [4.78, 5) is 34.8. The van der Waals surface area contributed by atoms with Gasteiger partial charge in [0.1, 0.15) is 5.01 Å². The van der Waals surface area contributed by atoms with Crippen LogP contribution in [0.5, 0.6) is 0 Å². The Hall–Kier alpha value is -2.29. The fourth-order valence-electron chi connectivity index (χ4n) is 3.88. The molecule has 0 atom stereocenters. The van der Waals surface area contributed by atoms with Crippen LogP contribution in [-0.4, -0.2) is 84.0 Å². The summed E-state index contributed by atoms with van der Waals surface area (Å²) in [6, 6.07) is 8.50. The number of rotatable bonds is 5. The number of carbonyl (C=O) groups excluding carboxylic acids is 2. The van der Waals surface area contributed by atoms with Crippen molar-refractivity contribution in [1.82, 2.24) is 19.7 Å². The van der Waals surface area contributed by atoms with E-state index in [-0.39, 0.29) is 11.8 Å². The maximum absolute atomic E-state index is 12.6. The molecule has 30 heavy (non-hydrogen) atoms. The standard InChI is InChI=1S/C22H28N4O3S/c1-17(27)25-5-7-26(8-6-25)21(28)14-20-16-30-22(23-20)19-4-2-3-18(13-19)15-24-9-11-29-12-10-24/h2-4,13,16H,5-12,14-15H2,1H3. The molecule has 0 radical (unpaired) electrons. The molecule has 3 heterocycles. The number of morpholine rings is 1. The summed E-state index contributed by atoms with van der Waals surface area (Å²) in [5, 5.41) is 2.93. The van der Waals surface area contributed by atoms with Crippen molar-refractivity contribution in [2.45, 2.75) is 19.9 Å². The van der Waals surface area contributed by atoms with Crippen molar-refractivity contribution in [3.63, 3.8) is 0 Å². The van der Waals surface area contributed by atoms with Crippen molar-refractivity contribution in [2.75, 3.05) is 52.5 Å². The molecule has 0 saturated carbocycles. The van der Waals surface area contributed by atoms with Gasteiger partial charge in [0, 0.05) is 63.7 Å². The quantitative estimate of drug-likeness (QED) is 0.728. The molecular weight excluding hydrogens is 400 g/mol. The molecule has 1 aromatic carbocycles. The number of carbonyl (C=O) groups is 2. The second-order valence-corrected chi connectivity index (χ2v) is 8.65. The van der Waals surface area contributed by atoms with E-state index in [9.17, 15) is 9.59 Å². The minimum atomic E-state index is 0.0714. The largest absolute Gasteiger partial charge is 0.379 e. The number of ether oxygens (including phenoxy) is 1. The monoisotopic (exact) mass is 428 g/mol. The van der Waals surface area contributed by atoms with E-state index in [1.807, 2.05) is 10.3 Å². The number of aromatic nitrogens is 1. The summed E-state index contributed by atoms with van der Waals surface area (Å²) in [7, 11) is 0. The molecule has 0 bridgehead atoms. The summed E-state index contributed by atoms with van der Waals surface area (Å²) >= 11 is 1.58. The first-order valence-electron chi connectivity index (χ1n) is 10.5. The van der Waals surface area contributed by atoms with E-state index in [2.05, 4.69) is 29.2 Å². The molecule has 8 heteroatoms. The average molecular weight is 429 g/mol. The van der Waals surface area contributed by atoms with Crippen LogP contribution in [-0.2, 0) is 27.3 Å². The van der Waals surface area contributed by atoms with Gasteiger partial charge < -0.3 is 14.5 Å². The molecule has 2 aliphatic rings. The molecular formula is C22H28N4O3S. The number of benzene rings is 1. The van der Waals surface area contributed by atoms with Crippen molar-refractivity contribution in [2.24, 2.45) is 0 Å². The third kappa shape index (κ3) is 5.24. The Balaban J connectivity index is 1.35. The lowest BCUT2D eigenvalue weighted by Gasteiger charge is -2.34. The zero-order valence-corrected chi connectivity index (χ0v) is 18.2. The van der Waals surface area contributed by atoms with E-state index in [1.54, 1.807) is 23.2 Å². The zero-order valence-electron chi connectivity index (χ0n) is 17.4. The van der Waals surface area contributed by atoms with Crippen molar-refractivity contribution >= 4 is 23.2 Å². The first kappa shape index (κ1) is 21.0. The highest BCUT2D eigenvalue weighted by molar-refractivity contribution is 7.13. The van der Waals surface area contributed by atoms with Gasteiger partial charge in [-0.05, 0) is 11.6 Å². The summed E-state index contributed by atoms with van der Waals surface area (Å²) in [5.74, 6) is 0.151. The van der Waals surface area contributed by atoms with Crippen LogP contribution >= 0.6 is 11.3 Å². The summed E-state index contributed by atoms with van der Waals surface area (Å²) in [6.07, 6.45) is 0.310. The lowest BCUT2D eigenvalue weighted by atomic mass is 10.1. The third-order valence-corrected chi connectivity index (χ3v) is 6.59. The van der Waals surface area contributed by atoms with Crippen molar-refractivity contribution in [3.8, 4) is 10.6 Å². The summed E-state index contributed by atoms with van der Waals surface area (Å²) in [5.41, 5.74) is 3.18. The highest BCUT2D eigenvalue weighted by atomic mass is 32.1. The van der Waals surface area contributed by atoms with Crippen LogP contribution in [0, 0.1) is 0 Å². The zero-order chi connectivity index (χ0) is 20.9. The maximum Gasteiger partial charge on any atom is 0.228 e. The van der Waals surface area contributed by atoms with Gasteiger partial charge in [0.25, 0.3) is 0 Å². The molecule has 1 aromatic heterocycles. The van der Waals surface area contributed by atoms with Crippen molar-refractivity contribution < 1.29 is 14.3 Å². The first-order chi connectivity index (χ1) is 14.6. The van der Waals surface area contributed by atoms with E-state index >= 15 is 0 Å². The Morgan fingerprint density at radius 3 is 2.53 bits per heavy atom. The Bertz CT molecular complexity index is 886. The van der Waals surface area contributed by atoms with E-state index in [1.165, 1.54) is 5.56 Å².